The molecule has 144 valence electrons. The van der Waals surface area contributed by atoms with Gasteiger partial charge >= 0.3 is 0 Å². The average molecular weight is 395 g/mol. The van der Waals surface area contributed by atoms with E-state index in [4.69, 9.17) is 25.8 Å². The van der Waals surface area contributed by atoms with E-state index in [0.717, 1.165) is 0 Å². The molecule has 9 nitrogen and oxygen atoms in total. The number of halogens is 1. The lowest BCUT2D eigenvalue weighted by molar-refractivity contribution is -0.137. The minimum Gasteiger partial charge on any atom is -0.493 e. The van der Waals surface area contributed by atoms with Crippen LogP contribution in [0.4, 0.5) is 5.95 Å². The number of hydrogen-bond acceptors (Lipinski definition) is 8. The Hall–Kier alpha value is -2.78. The molecule has 1 aliphatic rings. The van der Waals surface area contributed by atoms with Gasteiger partial charge in [-0.2, -0.15) is 5.01 Å². The fourth-order valence-electron chi connectivity index (χ4n) is 2.91. The maximum Gasteiger partial charge on any atom is 0.252 e. The molecule has 27 heavy (non-hydrogen) atoms. The summed E-state index contributed by atoms with van der Waals surface area (Å²) in [6.45, 7) is 1.69. The Morgan fingerprint density at radius 1 is 1.11 bits per heavy atom. The number of ether oxygens (including phenoxy) is 3. The summed E-state index contributed by atoms with van der Waals surface area (Å²) in [5, 5.41) is 1.49. The van der Waals surface area contributed by atoms with Gasteiger partial charge in [0.1, 0.15) is 6.04 Å². The number of alkyl halides is 1. The Labute approximate surface area is 160 Å². The predicted molar refractivity (Wildman–Crippen MR) is 98.5 cm³/mol. The maximum atomic E-state index is 12.4. The number of anilines is 1. The number of benzene rings is 1. The smallest absolute Gasteiger partial charge is 0.252 e. The van der Waals surface area contributed by atoms with Crippen molar-refractivity contribution < 1.29 is 19.0 Å². The van der Waals surface area contributed by atoms with Crippen LogP contribution in [0.5, 0.6) is 17.2 Å². The summed E-state index contributed by atoms with van der Waals surface area (Å²) < 4.78 is 16.0. The van der Waals surface area contributed by atoms with Crippen molar-refractivity contribution >= 4 is 23.3 Å². The Balaban J connectivity index is 1.97. The van der Waals surface area contributed by atoms with E-state index in [1.165, 1.54) is 32.4 Å². The van der Waals surface area contributed by atoms with Crippen molar-refractivity contribution in [2.45, 2.75) is 18.5 Å². The first-order chi connectivity index (χ1) is 12.9. The molecule has 0 saturated carbocycles. The molecule has 1 aromatic carbocycles. The van der Waals surface area contributed by atoms with Crippen LogP contribution >= 0.6 is 11.6 Å². The highest BCUT2D eigenvalue weighted by Gasteiger charge is 2.48. The molecular formula is C17H19ClN4O5. The number of carbonyl (C=O) groups excluding carboxylic acids is 1. The average Bonchev–Trinajstić information content (AvgIpc) is 2.65. The standard InChI is InChI=1S/C17H19ClN4O5/c1-8-5-12(23)20-17(19-8)21-22-13(14(24)16(22)18)9-6-10(25-2)15(27-4)11(7-9)26-3/h5-7,13,16H,1-4H3,(H2,19,20,21,23)/t13-,16-/m1/s1. The third-order valence-corrected chi connectivity index (χ3v) is 4.56. The normalized spacial score (nSPS) is 19.4. The van der Waals surface area contributed by atoms with Crippen molar-refractivity contribution in [3.8, 4) is 17.2 Å². The first-order valence-electron chi connectivity index (χ1n) is 8.00. The molecular weight excluding hydrogens is 376 g/mol. The van der Waals surface area contributed by atoms with E-state index in [-0.39, 0.29) is 17.3 Å². The monoisotopic (exact) mass is 394 g/mol. The van der Waals surface area contributed by atoms with E-state index >= 15 is 0 Å². The van der Waals surface area contributed by atoms with Gasteiger partial charge in [-0.05, 0) is 24.6 Å². The van der Waals surface area contributed by atoms with Crippen molar-refractivity contribution in [2.24, 2.45) is 0 Å². The Morgan fingerprint density at radius 2 is 1.74 bits per heavy atom. The number of nitrogens with one attached hydrogen (secondary N) is 2. The van der Waals surface area contributed by atoms with Gasteiger partial charge in [0.25, 0.3) is 5.56 Å². The van der Waals surface area contributed by atoms with Crippen LogP contribution in [0.1, 0.15) is 17.3 Å². The highest BCUT2D eigenvalue weighted by atomic mass is 35.5. The molecule has 2 aromatic rings. The van der Waals surface area contributed by atoms with Crippen LogP contribution in [-0.4, -0.2) is 47.6 Å². The van der Waals surface area contributed by atoms with E-state index in [1.54, 1.807) is 19.1 Å². The molecule has 1 saturated heterocycles. The number of aromatic amines is 1. The van der Waals surface area contributed by atoms with Gasteiger partial charge in [-0.1, -0.05) is 11.6 Å². The van der Waals surface area contributed by atoms with Gasteiger partial charge in [0.15, 0.2) is 22.8 Å². The quantitative estimate of drug-likeness (QED) is 0.562. The highest BCUT2D eigenvalue weighted by molar-refractivity contribution is 6.34. The third-order valence-electron chi connectivity index (χ3n) is 4.13. The minimum atomic E-state index is -0.917. The van der Waals surface area contributed by atoms with Crippen LogP contribution in [0.2, 0.25) is 0 Å². The number of ketones is 1. The molecule has 0 aliphatic carbocycles. The molecule has 2 heterocycles. The van der Waals surface area contributed by atoms with E-state index in [9.17, 15) is 9.59 Å². The van der Waals surface area contributed by atoms with Crippen LogP contribution < -0.4 is 25.2 Å². The predicted octanol–water partition coefficient (Wildman–Crippen LogP) is 1.62. The zero-order valence-corrected chi connectivity index (χ0v) is 16.0. The highest BCUT2D eigenvalue weighted by Crippen LogP contribution is 2.44. The second kappa shape index (κ2) is 7.45. The van der Waals surface area contributed by atoms with Gasteiger partial charge in [0, 0.05) is 11.8 Å². The number of aromatic nitrogens is 2. The van der Waals surface area contributed by atoms with Crippen LogP contribution in [-0.2, 0) is 4.79 Å². The Kier molecular flexibility index (Phi) is 5.24. The summed E-state index contributed by atoms with van der Waals surface area (Å²) in [6.07, 6.45) is 0. The number of hydrogen-bond donors (Lipinski definition) is 2. The first kappa shape index (κ1) is 19.0. The molecule has 0 amide bonds. The molecule has 0 bridgehead atoms. The molecule has 0 unspecified atom stereocenters. The van der Waals surface area contributed by atoms with Crippen LogP contribution in [0.3, 0.4) is 0 Å². The summed E-state index contributed by atoms with van der Waals surface area (Å²) in [5.41, 5.74) is 2.79. The zero-order valence-electron chi connectivity index (χ0n) is 15.2. The Morgan fingerprint density at radius 3 is 2.26 bits per heavy atom. The van der Waals surface area contributed by atoms with Crippen LogP contribution in [0, 0.1) is 6.92 Å². The molecule has 1 aromatic heterocycles. The molecule has 10 heteroatoms. The van der Waals surface area contributed by atoms with Crippen molar-refractivity contribution in [3.05, 3.63) is 39.8 Å². The number of Topliss-reactive ketones (excluding diaryl/α,β-unsaturated/α-hetero) is 1. The summed E-state index contributed by atoms with van der Waals surface area (Å²) in [4.78, 5) is 30.8. The maximum absolute atomic E-state index is 12.4. The van der Waals surface area contributed by atoms with Crippen LogP contribution in [0.15, 0.2) is 23.0 Å². The number of rotatable bonds is 6. The van der Waals surface area contributed by atoms with Crippen LogP contribution in [0.25, 0.3) is 0 Å². The fraction of sp³-hybridized carbons (Fsp3) is 0.353. The summed E-state index contributed by atoms with van der Waals surface area (Å²) in [6, 6.07) is 4.00. The number of nitrogens with zero attached hydrogens (tertiary/aromatic N) is 2. The van der Waals surface area contributed by atoms with Gasteiger partial charge in [-0.15, -0.1) is 0 Å². The van der Waals surface area contributed by atoms with Crippen molar-refractivity contribution in [3.63, 3.8) is 0 Å². The molecule has 1 fully saturated rings. The Bertz CT molecular complexity index is 907. The molecule has 2 atom stereocenters. The molecule has 0 spiro atoms. The lowest BCUT2D eigenvalue weighted by Gasteiger charge is -2.43. The van der Waals surface area contributed by atoms with Crippen molar-refractivity contribution in [2.75, 3.05) is 26.8 Å². The van der Waals surface area contributed by atoms with Crippen molar-refractivity contribution in [1.29, 1.82) is 0 Å². The van der Waals surface area contributed by atoms with E-state index < -0.39 is 11.5 Å². The van der Waals surface area contributed by atoms with Gasteiger partial charge in [-0.25, -0.2) is 4.98 Å². The summed E-state index contributed by atoms with van der Waals surface area (Å²) >= 11 is 6.15. The van der Waals surface area contributed by atoms with Crippen molar-refractivity contribution in [1.82, 2.24) is 15.0 Å². The molecule has 3 rings (SSSR count). The molecule has 1 aliphatic heterocycles. The topological polar surface area (TPSA) is 106 Å². The summed E-state index contributed by atoms with van der Waals surface area (Å²) in [7, 11) is 4.48. The van der Waals surface area contributed by atoms with Gasteiger partial charge < -0.3 is 14.2 Å². The lowest BCUT2D eigenvalue weighted by atomic mass is 9.94. The zero-order chi connectivity index (χ0) is 19.7. The number of methoxy groups -OCH3 is 3. The SMILES string of the molecule is COc1cc([C@@H]2C(=O)[C@H](Cl)N2Nc2nc(C)cc(=O)[nH]2)cc(OC)c1OC. The summed E-state index contributed by atoms with van der Waals surface area (Å²) in [5.74, 6) is 1.23. The van der Waals surface area contributed by atoms with E-state index in [0.29, 0.717) is 28.5 Å². The number of aryl methyl sites for hydroxylation is 1. The lowest BCUT2D eigenvalue weighted by Crippen LogP contribution is -2.59. The second-order valence-electron chi connectivity index (χ2n) is 5.85. The number of hydrazine groups is 1. The van der Waals surface area contributed by atoms with Gasteiger partial charge in [0.2, 0.25) is 11.7 Å². The third kappa shape index (κ3) is 3.43. The molecule has 0 radical (unpaired) electrons. The number of H-pyrrole nitrogens is 1. The molecule has 2 N–H and O–H groups in total. The largest absolute Gasteiger partial charge is 0.493 e. The first-order valence-corrected chi connectivity index (χ1v) is 8.44. The van der Waals surface area contributed by atoms with E-state index in [1.807, 2.05) is 0 Å². The van der Waals surface area contributed by atoms with E-state index in [2.05, 4.69) is 15.4 Å². The minimum absolute atomic E-state index is 0.190. The number of carbonyl (C=O) groups is 1. The van der Waals surface area contributed by atoms with Gasteiger partial charge in [0.05, 0.1) is 21.3 Å². The van der Waals surface area contributed by atoms with Gasteiger partial charge in [-0.3, -0.25) is 20.0 Å². The second-order valence-corrected chi connectivity index (χ2v) is 6.27. The fourth-order valence-corrected chi connectivity index (χ4v) is 3.19.